The van der Waals surface area contributed by atoms with Crippen LogP contribution in [0.25, 0.3) is 0 Å². The van der Waals surface area contributed by atoms with Gasteiger partial charge in [-0.1, -0.05) is 0 Å². The molecule has 3 rings (SSSR count). The smallest absolute Gasteiger partial charge is 0.353 e. The molecule has 126 valence electrons. The van der Waals surface area contributed by atoms with Crippen molar-refractivity contribution < 1.29 is 14.8 Å². The maximum atomic E-state index is 11.7. The Labute approximate surface area is 134 Å². The van der Waals surface area contributed by atoms with E-state index in [1.54, 1.807) is 0 Å². The number of anilines is 2. The van der Waals surface area contributed by atoms with Gasteiger partial charge in [0.1, 0.15) is 6.33 Å². The van der Waals surface area contributed by atoms with E-state index in [0.717, 1.165) is 12.8 Å². The SMILES string of the molecule is O=[N+]([O-])c1c(N2CCOCC2)ncnc1N1CCCC(CO)C1. The summed E-state index contributed by atoms with van der Waals surface area (Å²) >= 11 is 0. The van der Waals surface area contributed by atoms with Gasteiger partial charge in [-0.25, -0.2) is 9.97 Å². The standard InChI is InChI=1S/C14H21N5O4/c20-9-11-2-1-3-18(8-11)14-12(19(21)22)13(15-10-16-14)17-4-6-23-7-5-17/h10-11,20H,1-9H2. The maximum absolute atomic E-state index is 11.7. The zero-order valence-electron chi connectivity index (χ0n) is 12.9. The predicted molar refractivity (Wildman–Crippen MR) is 83.7 cm³/mol. The number of ether oxygens (including phenoxy) is 1. The van der Waals surface area contributed by atoms with Crippen LogP contribution in [-0.4, -0.2) is 66.0 Å². The first kappa shape index (κ1) is 15.9. The molecule has 1 N–H and O–H groups in total. The Balaban J connectivity index is 1.94. The van der Waals surface area contributed by atoms with Crippen molar-refractivity contribution in [2.24, 2.45) is 5.92 Å². The van der Waals surface area contributed by atoms with Crippen molar-refractivity contribution in [1.82, 2.24) is 9.97 Å². The van der Waals surface area contributed by atoms with Gasteiger partial charge in [0.15, 0.2) is 0 Å². The third-order valence-corrected chi connectivity index (χ3v) is 4.35. The molecule has 0 radical (unpaired) electrons. The van der Waals surface area contributed by atoms with Gasteiger partial charge in [-0.3, -0.25) is 10.1 Å². The van der Waals surface area contributed by atoms with E-state index in [1.807, 2.05) is 9.80 Å². The molecule has 1 aromatic heterocycles. The molecule has 2 aliphatic heterocycles. The molecule has 0 aromatic carbocycles. The fraction of sp³-hybridized carbons (Fsp3) is 0.714. The van der Waals surface area contributed by atoms with Crippen LogP contribution in [0, 0.1) is 16.0 Å². The topological polar surface area (TPSA) is 105 Å². The summed E-state index contributed by atoms with van der Waals surface area (Å²) in [6, 6.07) is 0. The van der Waals surface area contributed by atoms with Gasteiger partial charge in [0, 0.05) is 32.8 Å². The van der Waals surface area contributed by atoms with Gasteiger partial charge in [-0.2, -0.15) is 0 Å². The minimum Gasteiger partial charge on any atom is -0.396 e. The third-order valence-electron chi connectivity index (χ3n) is 4.35. The van der Waals surface area contributed by atoms with E-state index in [9.17, 15) is 15.2 Å². The van der Waals surface area contributed by atoms with E-state index in [1.165, 1.54) is 6.33 Å². The van der Waals surface area contributed by atoms with Crippen LogP contribution in [-0.2, 0) is 4.74 Å². The second-order valence-corrected chi connectivity index (χ2v) is 5.86. The number of morpholine rings is 1. The van der Waals surface area contributed by atoms with Crippen LogP contribution in [0.5, 0.6) is 0 Å². The Morgan fingerprint density at radius 1 is 1.26 bits per heavy atom. The number of nitrogens with zero attached hydrogens (tertiary/aromatic N) is 5. The number of nitro groups is 1. The molecule has 2 saturated heterocycles. The highest BCUT2D eigenvalue weighted by Gasteiger charge is 2.32. The number of hydrogen-bond donors (Lipinski definition) is 1. The fourth-order valence-electron chi connectivity index (χ4n) is 3.17. The summed E-state index contributed by atoms with van der Waals surface area (Å²) in [4.78, 5) is 23.4. The van der Waals surface area contributed by atoms with Crippen LogP contribution in [0.2, 0.25) is 0 Å². The first-order valence-electron chi connectivity index (χ1n) is 7.88. The Hall–Kier alpha value is -2.00. The van der Waals surface area contributed by atoms with E-state index >= 15 is 0 Å². The van der Waals surface area contributed by atoms with Crippen molar-refractivity contribution in [3.05, 3.63) is 16.4 Å². The molecule has 2 fully saturated rings. The van der Waals surface area contributed by atoms with Crippen LogP contribution in [0.4, 0.5) is 17.3 Å². The highest BCUT2D eigenvalue weighted by Crippen LogP contribution is 2.36. The monoisotopic (exact) mass is 323 g/mol. The number of rotatable bonds is 4. The summed E-state index contributed by atoms with van der Waals surface area (Å²) in [7, 11) is 0. The van der Waals surface area contributed by atoms with Crippen LogP contribution in [0.3, 0.4) is 0 Å². The van der Waals surface area contributed by atoms with Gasteiger partial charge < -0.3 is 19.6 Å². The summed E-state index contributed by atoms with van der Waals surface area (Å²) in [6.07, 6.45) is 3.21. The average Bonchev–Trinajstić information content (AvgIpc) is 2.61. The number of aliphatic hydroxyl groups is 1. The van der Waals surface area contributed by atoms with Gasteiger partial charge in [-0.15, -0.1) is 0 Å². The molecule has 3 heterocycles. The Kier molecular flexibility index (Phi) is 4.87. The molecule has 0 saturated carbocycles. The Morgan fingerprint density at radius 3 is 2.61 bits per heavy atom. The summed E-state index contributed by atoms with van der Waals surface area (Å²) in [5, 5.41) is 21.0. The van der Waals surface area contributed by atoms with Crippen LogP contribution in [0.1, 0.15) is 12.8 Å². The minimum absolute atomic E-state index is 0.0482. The fourth-order valence-corrected chi connectivity index (χ4v) is 3.17. The van der Waals surface area contributed by atoms with E-state index < -0.39 is 4.92 Å². The number of aliphatic hydroxyl groups excluding tert-OH is 1. The highest BCUT2D eigenvalue weighted by atomic mass is 16.6. The molecule has 0 amide bonds. The van der Waals surface area contributed by atoms with Crippen LogP contribution < -0.4 is 9.80 Å². The maximum Gasteiger partial charge on any atom is 0.353 e. The minimum atomic E-state index is -0.400. The summed E-state index contributed by atoms with van der Waals surface area (Å²) in [6.45, 7) is 3.60. The molecule has 1 atom stereocenters. The lowest BCUT2D eigenvalue weighted by molar-refractivity contribution is -0.383. The number of piperidine rings is 1. The van der Waals surface area contributed by atoms with Gasteiger partial charge >= 0.3 is 5.69 Å². The molecule has 23 heavy (non-hydrogen) atoms. The average molecular weight is 323 g/mol. The summed E-state index contributed by atoms with van der Waals surface area (Å²) < 4.78 is 5.30. The number of hydrogen-bond acceptors (Lipinski definition) is 8. The van der Waals surface area contributed by atoms with E-state index in [2.05, 4.69) is 9.97 Å². The molecule has 0 bridgehead atoms. The lowest BCUT2D eigenvalue weighted by Crippen LogP contribution is -2.39. The van der Waals surface area contributed by atoms with Crippen molar-refractivity contribution in [1.29, 1.82) is 0 Å². The Bertz CT molecular complexity index is 564. The molecule has 0 aliphatic carbocycles. The molecule has 0 spiro atoms. The summed E-state index contributed by atoms with van der Waals surface area (Å²) in [5.74, 6) is 0.837. The molecule has 9 heteroatoms. The van der Waals surface area contributed by atoms with E-state index in [-0.39, 0.29) is 18.2 Å². The predicted octanol–water partition coefficient (Wildman–Crippen LogP) is 0.430. The van der Waals surface area contributed by atoms with Gasteiger partial charge in [-0.05, 0) is 18.8 Å². The van der Waals surface area contributed by atoms with Gasteiger partial charge in [0.25, 0.3) is 0 Å². The van der Waals surface area contributed by atoms with Crippen molar-refractivity contribution in [2.45, 2.75) is 12.8 Å². The molecule has 2 aliphatic rings. The lowest BCUT2D eigenvalue weighted by Gasteiger charge is -2.33. The molecule has 1 unspecified atom stereocenters. The zero-order valence-corrected chi connectivity index (χ0v) is 12.9. The largest absolute Gasteiger partial charge is 0.396 e. The third kappa shape index (κ3) is 3.35. The zero-order chi connectivity index (χ0) is 16.2. The second kappa shape index (κ2) is 7.05. The quantitative estimate of drug-likeness (QED) is 0.628. The summed E-state index contributed by atoms with van der Waals surface area (Å²) in [5.41, 5.74) is -0.0482. The van der Waals surface area contributed by atoms with Crippen molar-refractivity contribution in [2.75, 3.05) is 55.8 Å². The van der Waals surface area contributed by atoms with Crippen molar-refractivity contribution >= 4 is 17.3 Å². The lowest BCUT2D eigenvalue weighted by atomic mass is 9.99. The molecular formula is C14H21N5O4. The van der Waals surface area contributed by atoms with Crippen molar-refractivity contribution in [3.63, 3.8) is 0 Å². The second-order valence-electron chi connectivity index (χ2n) is 5.86. The van der Waals surface area contributed by atoms with Crippen LogP contribution >= 0.6 is 0 Å². The normalized spacial score (nSPS) is 22.2. The molecule has 9 nitrogen and oxygen atoms in total. The van der Waals surface area contributed by atoms with E-state index in [4.69, 9.17) is 4.74 Å². The Morgan fingerprint density at radius 2 is 1.96 bits per heavy atom. The van der Waals surface area contributed by atoms with Crippen molar-refractivity contribution in [3.8, 4) is 0 Å². The first-order chi connectivity index (χ1) is 11.2. The van der Waals surface area contributed by atoms with E-state index in [0.29, 0.717) is 51.0 Å². The molecule has 1 aromatic rings. The highest BCUT2D eigenvalue weighted by molar-refractivity contribution is 5.71. The number of aromatic nitrogens is 2. The first-order valence-corrected chi connectivity index (χ1v) is 7.88. The van der Waals surface area contributed by atoms with Gasteiger partial charge in [0.05, 0.1) is 18.1 Å². The van der Waals surface area contributed by atoms with Crippen LogP contribution in [0.15, 0.2) is 6.33 Å². The van der Waals surface area contributed by atoms with Gasteiger partial charge in [0.2, 0.25) is 11.6 Å². The molecular weight excluding hydrogens is 302 g/mol.